The number of ether oxygens (including phenoxy) is 4. The fourth-order valence-electron chi connectivity index (χ4n) is 2.94. The van der Waals surface area contributed by atoms with Gasteiger partial charge in [-0.15, -0.1) is 0 Å². The summed E-state index contributed by atoms with van der Waals surface area (Å²) in [5, 5.41) is 0. The van der Waals surface area contributed by atoms with Crippen LogP contribution in [0.25, 0.3) is 0 Å². The molecule has 0 spiro atoms. The van der Waals surface area contributed by atoms with Gasteiger partial charge in [0.25, 0.3) is 0 Å². The predicted molar refractivity (Wildman–Crippen MR) is 87.8 cm³/mol. The van der Waals surface area contributed by atoms with Crippen molar-refractivity contribution in [2.45, 2.75) is 12.5 Å². The molecule has 1 aliphatic rings. The van der Waals surface area contributed by atoms with E-state index in [0.717, 1.165) is 23.5 Å². The summed E-state index contributed by atoms with van der Waals surface area (Å²) in [4.78, 5) is 0. The van der Waals surface area contributed by atoms with Crippen molar-refractivity contribution < 1.29 is 18.9 Å². The summed E-state index contributed by atoms with van der Waals surface area (Å²) < 4.78 is 21.8. The number of benzene rings is 2. The van der Waals surface area contributed by atoms with E-state index < -0.39 is 0 Å². The van der Waals surface area contributed by atoms with Gasteiger partial charge in [0.1, 0.15) is 18.3 Å². The summed E-state index contributed by atoms with van der Waals surface area (Å²) in [6, 6.07) is 16.2. The van der Waals surface area contributed by atoms with Crippen LogP contribution in [0.1, 0.15) is 17.2 Å². The number of hydrogen-bond acceptors (Lipinski definition) is 4. The fourth-order valence-corrected chi connectivity index (χ4v) is 2.94. The first kappa shape index (κ1) is 15.8. The van der Waals surface area contributed by atoms with Crippen LogP contribution in [0.5, 0.6) is 11.5 Å². The molecule has 1 saturated heterocycles. The van der Waals surface area contributed by atoms with Crippen LogP contribution in [-0.2, 0) is 15.9 Å². The maximum atomic E-state index is 5.88. The molecule has 4 heteroatoms. The molecule has 2 atom stereocenters. The number of methoxy groups -OCH3 is 2. The lowest BCUT2D eigenvalue weighted by Gasteiger charge is -2.32. The van der Waals surface area contributed by atoms with Crippen LogP contribution >= 0.6 is 0 Å². The molecule has 0 bridgehead atoms. The Morgan fingerprint density at radius 3 is 2.13 bits per heavy atom. The van der Waals surface area contributed by atoms with Crippen LogP contribution in [0.15, 0.2) is 48.5 Å². The minimum absolute atomic E-state index is 0.0387. The lowest BCUT2D eigenvalue weighted by atomic mass is 9.89. The van der Waals surface area contributed by atoms with Gasteiger partial charge in [-0.05, 0) is 41.8 Å². The van der Waals surface area contributed by atoms with Gasteiger partial charge in [-0.25, -0.2) is 0 Å². The van der Waals surface area contributed by atoms with Gasteiger partial charge >= 0.3 is 0 Å². The minimum atomic E-state index is 0.0387. The molecule has 1 heterocycles. The van der Waals surface area contributed by atoms with E-state index in [-0.39, 0.29) is 12.0 Å². The number of rotatable bonds is 5. The first-order valence-corrected chi connectivity index (χ1v) is 7.76. The van der Waals surface area contributed by atoms with Gasteiger partial charge in [-0.3, -0.25) is 0 Å². The van der Waals surface area contributed by atoms with Crippen molar-refractivity contribution >= 4 is 0 Å². The van der Waals surface area contributed by atoms with Gasteiger partial charge in [0.2, 0.25) is 0 Å². The fraction of sp³-hybridized carbons (Fsp3) is 0.368. The highest BCUT2D eigenvalue weighted by Crippen LogP contribution is 2.33. The highest BCUT2D eigenvalue weighted by molar-refractivity contribution is 5.30. The van der Waals surface area contributed by atoms with Crippen molar-refractivity contribution in [1.82, 2.24) is 0 Å². The van der Waals surface area contributed by atoms with Crippen molar-refractivity contribution in [3.05, 3.63) is 59.7 Å². The standard InChI is InChI=1S/C19H22O4/c1-20-17-7-3-14(4-8-17)11-16-12-22-13-23-19(16)15-5-9-18(21-2)10-6-15/h3-10,16,19H,11-13H2,1-2H3/t16-,19+/m1/s1. The Balaban J connectivity index is 1.74. The zero-order valence-electron chi connectivity index (χ0n) is 13.5. The van der Waals surface area contributed by atoms with Gasteiger partial charge in [-0.2, -0.15) is 0 Å². The summed E-state index contributed by atoms with van der Waals surface area (Å²) in [7, 11) is 3.35. The monoisotopic (exact) mass is 314 g/mol. The average Bonchev–Trinajstić information content (AvgIpc) is 2.63. The van der Waals surface area contributed by atoms with Gasteiger partial charge in [0.05, 0.1) is 26.9 Å². The topological polar surface area (TPSA) is 36.9 Å². The van der Waals surface area contributed by atoms with E-state index in [1.54, 1.807) is 14.2 Å². The third kappa shape index (κ3) is 3.84. The summed E-state index contributed by atoms with van der Waals surface area (Å²) in [6.07, 6.45) is 0.942. The Morgan fingerprint density at radius 1 is 0.913 bits per heavy atom. The van der Waals surface area contributed by atoms with Gasteiger partial charge in [0.15, 0.2) is 0 Å². The summed E-state index contributed by atoms with van der Waals surface area (Å²) in [6.45, 7) is 1.04. The number of hydrogen-bond donors (Lipinski definition) is 0. The van der Waals surface area contributed by atoms with Gasteiger partial charge in [0, 0.05) is 5.92 Å². The zero-order chi connectivity index (χ0) is 16.1. The molecule has 23 heavy (non-hydrogen) atoms. The second-order valence-electron chi connectivity index (χ2n) is 5.66. The molecule has 0 amide bonds. The molecule has 1 aliphatic heterocycles. The molecular formula is C19H22O4. The summed E-state index contributed by atoms with van der Waals surface area (Å²) in [5.41, 5.74) is 2.41. The quantitative estimate of drug-likeness (QED) is 0.845. The molecule has 0 saturated carbocycles. The van der Waals surface area contributed by atoms with E-state index >= 15 is 0 Å². The van der Waals surface area contributed by atoms with Crippen LogP contribution in [0.4, 0.5) is 0 Å². The van der Waals surface area contributed by atoms with Crippen molar-refractivity contribution in [2.75, 3.05) is 27.6 Å². The van der Waals surface area contributed by atoms with E-state index in [0.29, 0.717) is 13.4 Å². The average molecular weight is 314 g/mol. The molecule has 0 unspecified atom stereocenters. The van der Waals surface area contributed by atoms with Gasteiger partial charge in [-0.1, -0.05) is 24.3 Å². The van der Waals surface area contributed by atoms with Crippen LogP contribution < -0.4 is 9.47 Å². The lowest BCUT2D eigenvalue weighted by molar-refractivity contribution is -0.172. The predicted octanol–water partition coefficient (Wildman–Crippen LogP) is 3.61. The van der Waals surface area contributed by atoms with Crippen LogP contribution in [0.2, 0.25) is 0 Å². The van der Waals surface area contributed by atoms with E-state index in [4.69, 9.17) is 18.9 Å². The third-order valence-corrected chi connectivity index (χ3v) is 4.19. The maximum absolute atomic E-state index is 5.88. The van der Waals surface area contributed by atoms with E-state index in [1.807, 2.05) is 24.3 Å². The highest BCUT2D eigenvalue weighted by Gasteiger charge is 2.28. The molecule has 4 nitrogen and oxygen atoms in total. The van der Waals surface area contributed by atoms with Crippen molar-refractivity contribution in [3.8, 4) is 11.5 Å². The first-order valence-electron chi connectivity index (χ1n) is 7.76. The Morgan fingerprint density at radius 2 is 1.52 bits per heavy atom. The summed E-state index contributed by atoms with van der Waals surface area (Å²) in [5.74, 6) is 2.01. The van der Waals surface area contributed by atoms with Crippen LogP contribution in [0, 0.1) is 5.92 Å². The molecule has 0 aromatic heterocycles. The zero-order valence-corrected chi connectivity index (χ0v) is 13.5. The summed E-state index contributed by atoms with van der Waals surface area (Å²) >= 11 is 0. The highest BCUT2D eigenvalue weighted by atomic mass is 16.7. The van der Waals surface area contributed by atoms with Crippen molar-refractivity contribution in [1.29, 1.82) is 0 Å². The van der Waals surface area contributed by atoms with E-state index in [9.17, 15) is 0 Å². The van der Waals surface area contributed by atoms with Crippen molar-refractivity contribution in [2.24, 2.45) is 5.92 Å². The Kier molecular flexibility index (Phi) is 5.16. The minimum Gasteiger partial charge on any atom is -0.497 e. The largest absolute Gasteiger partial charge is 0.497 e. The molecule has 1 fully saturated rings. The van der Waals surface area contributed by atoms with Crippen LogP contribution in [-0.4, -0.2) is 27.6 Å². The third-order valence-electron chi connectivity index (χ3n) is 4.19. The molecule has 0 radical (unpaired) electrons. The molecule has 0 N–H and O–H groups in total. The SMILES string of the molecule is COc1ccc(C[C@@H]2COCO[C@H]2c2ccc(OC)cc2)cc1. The van der Waals surface area contributed by atoms with E-state index in [1.165, 1.54) is 5.56 Å². The Hall–Kier alpha value is -2.04. The molecule has 122 valence electrons. The van der Waals surface area contributed by atoms with Gasteiger partial charge < -0.3 is 18.9 Å². The van der Waals surface area contributed by atoms with Crippen LogP contribution in [0.3, 0.4) is 0 Å². The smallest absolute Gasteiger partial charge is 0.147 e. The second kappa shape index (κ2) is 7.49. The first-order chi connectivity index (χ1) is 11.3. The lowest BCUT2D eigenvalue weighted by Crippen LogP contribution is -2.29. The molecule has 0 aliphatic carbocycles. The second-order valence-corrected chi connectivity index (χ2v) is 5.66. The molecule has 2 aromatic carbocycles. The molecule has 3 rings (SSSR count). The molecular weight excluding hydrogens is 292 g/mol. The molecule has 2 aromatic rings. The van der Waals surface area contributed by atoms with E-state index in [2.05, 4.69) is 24.3 Å². The Bertz CT molecular complexity index is 606. The Labute approximate surface area is 136 Å². The normalized spacial score (nSPS) is 21.0. The van der Waals surface area contributed by atoms with Crippen molar-refractivity contribution in [3.63, 3.8) is 0 Å². The maximum Gasteiger partial charge on any atom is 0.147 e.